The molecule has 1 saturated heterocycles. The molecule has 0 spiro atoms. The molecule has 1 unspecified atom stereocenters. The number of hydrogen-bond acceptors (Lipinski definition) is 5. The van der Waals surface area contributed by atoms with Crippen LogP contribution in [0.3, 0.4) is 0 Å². The van der Waals surface area contributed by atoms with Crippen LogP contribution in [-0.4, -0.2) is 52.4 Å². The molecule has 2 amide bonds. The molecule has 7 nitrogen and oxygen atoms in total. The molecule has 1 atom stereocenters. The normalized spacial score (nSPS) is 16.4. The molecule has 1 aliphatic heterocycles. The summed E-state index contributed by atoms with van der Waals surface area (Å²) in [5, 5.41) is 5.96. The number of halogens is 2. The summed E-state index contributed by atoms with van der Waals surface area (Å²) >= 11 is 0. The van der Waals surface area contributed by atoms with Crippen LogP contribution in [0.4, 0.5) is 4.39 Å². The van der Waals surface area contributed by atoms with Crippen molar-refractivity contribution < 1.29 is 14.0 Å². The average molecular weight is 394 g/mol. The fourth-order valence-corrected chi connectivity index (χ4v) is 2.80. The van der Waals surface area contributed by atoms with Crippen molar-refractivity contribution in [2.75, 3.05) is 19.6 Å². The van der Waals surface area contributed by atoms with Crippen LogP contribution in [0.1, 0.15) is 33.5 Å². The Hall–Kier alpha value is -2.58. The van der Waals surface area contributed by atoms with Crippen LogP contribution in [0.2, 0.25) is 0 Å². The van der Waals surface area contributed by atoms with Crippen LogP contribution in [0.25, 0.3) is 0 Å². The lowest BCUT2D eigenvalue weighted by Gasteiger charge is -2.31. The molecule has 0 saturated carbocycles. The van der Waals surface area contributed by atoms with Gasteiger partial charge in [-0.25, -0.2) is 14.4 Å². The summed E-state index contributed by atoms with van der Waals surface area (Å²) in [7, 11) is 0. The lowest BCUT2D eigenvalue weighted by atomic mass is 10.2. The van der Waals surface area contributed by atoms with Crippen LogP contribution in [0, 0.1) is 5.82 Å². The Morgan fingerprint density at radius 2 is 1.89 bits per heavy atom. The Bertz CT molecular complexity index is 803. The highest BCUT2D eigenvalue weighted by Crippen LogP contribution is 2.10. The molecule has 2 N–H and O–H groups in total. The van der Waals surface area contributed by atoms with Gasteiger partial charge in [0.05, 0.1) is 0 Å². The van der Waals surface area contributed by atoms with E-state index in [9.17, 15) is 14.0 Å². The summed E-state index contributed by atoms with van der Waals surface area (Å²) in [5.41, 5.74) is 0.774. The van der Waals surface area contributed by atoms with Gasteiger partial charge in [0.2, 0.25) is 0 Å². The number of carbonyl (C=O) groups excluding carboxylic acids is 2. The first-order chi connectivity index (χ1) is 12.5. The predicted molar refractivity (Wildman–Crippen MR) is 100 cm³/mol. The van der Waals surface area contributed by atoms with Gasteiger partial charge in [-0.2, -0.15) is 0 Å². The van der Waals surface area contributed by atoms with Gasteiger partial charge >= 0.3 is 0 Å². The molecule has 1 fully saturated rings. The van der Waals surface area contributed by atoms with Crippen molar-refractivity contribution in [3.05, 3.63) is 59.4 Å². The summed E-state index contributed by atoms with van der Waals surface area (Å²) < 4.78 is 12.9. The second-order valence-electron chi connectivity index (χ2n) is 6.17. The highest BCUT2D eigenvalue weighted by atomic mass is 35.5. The van der Waals surface area contributed by atoms with Crippen LogP contribution in [0.5, 0.6) is 0 Å². The second-order valence-corrected chi connectivity index (χ2v) is 6.17. The van der Waals surface area contributed by atoms with E-state index in [1.165, 1.54) is 24.5 Å². The highest BCUT2D eigenvalue weighted by molar-refractivity contribution is 6.04. The van der Waals surface area contributed by atoms with E-state index in [0.29, 0.717) is 19.6 Å². The topological polar surface area (TPSA) is 87.2 Å². The number of piperazine rings is 1. The third kappa shape index (κ3) is 5.21. The molecule has 0 bridgehead atoms. The minimum absolute atomic E-state index is 0. The molecule has 144 valence electrons. The number of benzene rings is 1. The van der Waals surface area contributed by atoms with Crippen molar-refractivity contribution in [2.45, 2.75) is 19.5 Å². The molecule has 9 heteroatoms. The minimum atomic E-state index is -0.492. The van der Waals surface area contributed by atoms with Gasteiger partial charge in [-0.1, -0.05) is 12.1 Å². The Balaban J connectivity index is 0.00000261. The molecule has 0 radical (unpaired) electrons. The first-order valence-electron chi connectivity index (χ1n) is 8.41. The first kappa shape index (κ1) is 20.7. The van der Waals surface area contributed by atoms with Crippen molar-refractivity contribution in [3.63, 3.8) is 0 Å². The number of amides is 2. The summed E-state index contributed by atoms with van der Waals surface area (Å²) in [6, 6.07) is 6.00. The number of carbonyl (C=O) groups is 2. The third-order valence-electron chi connectivity index (χ3n) is 4.14. The zero-order valence-electron chi connectivity index (χ0n) is 14.8. The predicted octanol–water partition coefficient (Wildman–Crippen LogP) is 1.40. The SMILES string of the molecule is CC1CN(C(=O)c2nccnc2C(=O)NCc2ccc(F)cc2)CCN1.Cl. The quantitative estimate of drug-likeness (QED) is 0.820. The van der Waals surface area contributed by atoms with Gasteiger partial charge in [0, 0.05) is 44.6 Å². The van der Waals surface area contributed by atoms with Crippen molar-refractivity contribution in [1.29, 1.82) is 0 Å². The van der Waals surface area contributed by atoms with Crippen molar-refractivity contribution in [1.82, 2.24) is 25.5 Å². The Labute approximate surface area is 162 Å². The molecule has 1 aliphatic rings. The fourth-order valence-electron chi connectivity index (χ4n) is 2.80. The molecule has 2 aromatic rings. The monoisotopic (exact) mass is 393 g/mol. The zero-order valence-corrected chi connectivity index (χ0v) is 15.6. The number of rotatable bonds is 4. The van der Waals surface area contributed by atoms with Crippen LogP contribution < -0.4 is 10.6 Å². The molecule has 2 heterocycles. The van der Waals surface area contributed by atoms with Gasteiger partial charge in [-0.05, 0) is 24.6 Å². The third-order valence-corrected chi connectivity index (χ3v) is 4.14. The summed E-state index contributed by atoms with van der Waals surface area (Å²) in [5.74, 6) is -1.14. The lowest BCUT2D eigenvalue weighted by molar-refractivity contribution is 0.0696. The van der Waals surface area contributed by atoms with E-state index in [-0.39, 0.29) is 48.1 Å². The standard InChI is InChI=1S/C18H20FN5O2.ClH/c1-12-11-24(9-8-20-12)18(26)16-15(21-6-7-22-16)17(25)23-10-13-2-4-14(19)5-3-13;/h2-7,12,20H,8-11H2,1H3,(H,23,25);1H. The summed E-state index contributed by atoms with van der Waals surface area (Å²) in [6.07, 6.45) is 2.78. The van der Waals surface area contributed by atoms with E-state index in [4.69, 9.17) is 0 Å². The lowest BCUT2D eigenvalue weighted by Crippen LogP contribution is -2.51. The van der Waals surface area contributed by atoms with E-state index in [0.717, 1.165) is 5.56 Å². The van der Waals surface area contributed by atoms with Gasteiger partial charge in [-0.3, -0.25) is 9.59 Å². The minimum Gasteiger partial charge on any atom is -0.347 e. The highest BCUT2D eigenvalue weighted by Gasteiger charge is 2.27. The van der Waals surface area contributed by atoms with Crippen molar-refractivity contribution in [2.24, 2.45) is 0 Å². The molecule has 1 aromatic heterocycles. The maximum absolute atomic E-state index is 12.9. The Morgan fingerprint density at radius 3 is 2.56 bits per heavy atom. The summed E-state index contributed by atoms with van der Waals surface area (Å²) in [6.45, 7) is 3.99. The van der Waals surface area contributed by atoms with Crippen LogP contribution >= 0.6 is 12.4 Å². The van der Waals surface area contributed by atoms with E-state index < -0.39 is 5.91 Å². The van der Waals surface area contributed by atoms with Crippen LogP contribution in [0.15, 0.2) is 36.7 Å². The number of nitrogens with zero attached hydrogens (tertiary/aromatic N) is 3. The number of aromatic nitrogens is 2. The van der Waals surface area contributed by atoms with Gasteiger partial charge < -0.3 is 15.5 Å². The molecule has 3 rings (SSSR count). The molecule has 0 aliphatic carbocycles. The van der Waals surface area contributed by atoms with Crippen molar-refractivity contribution in [3.8, 4) is 0 Å². The van der Waals surface area contributed by atoms with Crippen molar-refractivity contribution >= 4 is 24.2 Å². The molecule has 1 aromatic carbocycles. The number of nitrogens with one attached hydrogen (secondary N) is 2. The van der Waals surface area contributed by atoms with E-state index in [1.54, 1.807) is 17.0 Å². The maximum atomic E-state index is 12.9. The Morgan fingerprint density at radius 1 is 1.22 bits per heavy atom. The molecular formula is C18H21ClFN5O2. The Kier molecular flexibility index (Phi) is 7.20. The van der Waals surface area contributed by atoms with E-state index in [2.05, 4.69) is 20.6 Å². The largest absolute Gasteiger partial charge is 0.347 e. The molecule has 27 heavy (non-hydrogen) atoms. The van der Waals surface area contributed by atoms with E-state index in [1.807, 2.05) is 6.92 Å². The van der Waals surface area contributed by atoms with Crippen LogP contribution in [-0.2, 0) is 6.54 Å². The first-order valence-corrected chi connectivity index (χ1v) is 8.41. The van der Waals surface area contributed by atoms with Gasteiger partial charge in [0.25, 0.3) is 11.8 Å². The summed E-state index contributed by atoms with van der Waals surface area (Å²) in [4.78, 5) is 35.0. The second kappa shape index (κ2) is 9.38. The van der Waals surface area contributed by atoms with Gasteiger partial charge in [0.1, 0.15) is 5.82 Å². The fraction of sp³-hybridized carbons (Fsp3) is 0.333. The molecular weight excluding hydrogens is 373 g/mol. The van der Waals surface area contributed by atoms with Gasteiger partial charge in [0.15, 0.2) is 11.4 Å². The average Bonchev–Trinajstić information content (AvgIpc) is 2.67. The smallest absolute Gasteiger partial charge is 0.275 e. The zero-order chi connectivity index (χ0) is 18.5. The van der Waals surface area contributed by atoms with Gasteiger partial charge in [-0.15, -0.1) is 12.4 Å². The number of hydrogen-bond donors (Lipinski definition) is 2. The van der Waals surface area contributed by atoms with E-state index >= 15 is 0 Å². The maximum Gasteiger partial charge on any atom is 0.275 e.